The molecule has 0 spiro atoms. The van der Waals surface area contributed by atoms with Crippen LogP contribution in [-0.4, -0.2) is 37.3 Å². The molecular formula is C16H20O3S. The zero-order valence-electron chi connectivity index (χ0n) is 11.7. The normalized spacial score (nSPS) is 15.5. The molecule has 0 amide bonds. The van der Waals surface area contributed by atoms with Crippen molar-refractivity contribution in [3.05, 3.63) is 29.3 Å². The first-order chi connectivity index (χ1) is 9.83. The van der Waals surface area contributed by atoms with Crippen molar-refractivity contribution >= 4 is 11.8 Å². The Balaban J connectivity index is 2.06. The molecule has 1 heterocycles. The van der Waals surface area contributed by atoms with Crippen LogP contribution < -0.4 is 4.74 Å². The number of aliphatic hydroxyl groups excluding tert-OH is 1. The van der Waals surface area contributed by atoms with Crippen LogP contribution in [0.1, 0.15) is 24.0 Å². The van der Waals surface area contributed by atoms with Gasteiger partial charge in [-0.05, 0) is 36.6 Å². The van der Waals surface area contributed by atoms with Gasteiger partial charge in [-0.1, -0.05) is 11.8 Å². The number of aliphatic hydroxyl groups is 1. The number of rotatable bonds is 4. The van der Waals surface area contributed by atoms with Crippen LogP contribution >= 0.6 is 11.8 Å². The van der Waals surface area contributed by atoms with Crippen molar-refractivity contribution < 1.29 is 14.6 Å². The fourth-order valence-corrected chi connectivity index (χ4v) is 3.30. The molecule has 0 atom stereocenters. The summed E-state index contributed by atoms with van der Waals surface area (Å²) in [5.74, 6) is 7.49. The molecule has 4 heteroatoms. The third-order valence-corrected chi connectivity index (χ3v) is 4.68. The zero-order valence-corrected chi connectivity index (χ0v) is 12.5. The van der Waals surface area contributed by atoms with Crippen molar-refractivity contribution in [2.24, 2.45) is 0 Å². The second-order valence-electron chi connectivity index (χ2n) is 4.61. The molecule has 3 nitrogen and oxygen atoms in total. The van der Waals surface area contributed by atoms with Crippen LogP contribution in [0.4, 0.5) is 0 Å². The lowest BCUT2D eigenvalue weighted by molar-refractivity contribution is 0.1000. The third kappa shape index (κ3) is 4.45. The minimum absolute atomic E-state index is 0.113. The summed E-state index contributed by atoms with van der Waals surface area (Å²) in [6.45, 7) is 1.62. The predicted molar refractivity (Wildman–Crippen MR) is 82.1 cm³/mol. The lowest BCUT2D eigenvalue weighted by Gasteiger charge is -2.21. The van der Waals surface area contributed by atoms with Gasteiger partial charge in [0.1, 0.15) is 12.4 Å². The number of thioether (sulfide) groups is 1. The van der Waals surface area contributed by atoms with Crippen LogP contribution in [0.2, 0.25) is 0 Å². The number of hydrogen-bond donors (Lipinski definition) is 1. The molecule has 0 aromatic heterocycles. The fourth-order valence-electron chi connectivity index (χ4n) is 2.12. The molecule has 1 aromatic carbocycles. The Kier molecular flexibility index (Phi) is 6.25. The minimum Gasteiger partial charge on any atom is -0.497 e. The Morgan fingerprint density at radius 1 is 1.40 bits per heavy atom. The Morgan fingerprint density at radius 2 is 2.20 bits per heavy atom. The summed E-state index contributed by atoms with van der Waals surface area (Å²) in [6.07, 6.45) is 2.23. The molecule has 1 N–H and O–H groups in total. The van der Waals surface area contributed by atoms with Gasteiger partial charge >= 0.3 is 0 Å². The van der Waals surface area contributed by atoms with E-state index < -0.39 is 0 Å². The first kappa shape index (κ1) is 15.2. The van der Waals surface area contributed by atoms with Gasteiger partial charge in [-0.15, -0.1) is 0 Å². The molecule has 0 radical (unpaired) electrons. The van der Waals surface area contributed by atoms with Crippen LogP contribution in [0.25, 0.3) is 0 Å². The molecule has 108 valence electrons. The van der Waals surface area contributed by atoms with Crippen molar-refractivity contribution in [3.63, 3.8) is 0 Å². The maximum Gasteiger partial charge on any atom is 0.119 e. The lowest BCUT2D eigenvalue weighted by Crippen LogP contribution is -2.17. The quantitative estimate of drug-likeness (QED) is 0.865. The fraction of sp³-hybridized carbons (Fsp3) is 0.500. The highest BCUT2D eigenvalue weighted by molar-refractivity contribution is 7.99. The highest BCUT2D eigenvalue weighted by Crippen LogP contribution is 2.28. The number of hydrogen-bond acceptors (Lipinski definition) is 4. The van der Waals surface area contributed by atoms with Gasteiger partial charge in [0.25, 0.3) is 0 Å². The molecule has 1 aliphatic heterocycles. The van der Waals surface area contributed by atoms with Crippen molar-refractivity contribution in [1.29, 1.82) is 0 Å². The summed E-state index contributed by atoms with van der Waals surface area (Å²) < 4.78 is 10.7. The molecule has 1 saturated heterocycles. The molecule has 0 bridgehead atoms. The largest absolute Gasteiger partial charge is 0.497 e. The average Bonchev–Trinajstić information content (AvgIpc) is 2.52. The van der Waals surface area contributed by atoms with Crippen LogP contribution in [0.3, 0.4) is 0 Å². The summed E-state index contributed by atoms with van der Waals surface area (Å²) in [6, 6.07) is 5.90. The van der Waals surface area contributed by atoms with E-state index >= 15 is 0 Å². The van der Waals surface area contributed by atoms with Crippen molar-refractivity contribution in [2.45, 2.75) is 23.8 Å². The van der Waals surface area contributed by atoms with Gasteiger partial charge < -0.3 is 14.6 Å². The molecule has 0 unspecified atom stereocenters. The van der Waals surface area contributed by atoms with Crippen molar-refractivity contribution in [2.75, 3.05) is 26.9 Å². The first-order valence-electron chi connectivity index (χ1n) is 6.79. The Labute approximate surface area is 124 Å². The van der Waals surface area contributed by atoms with Gasteiger partial charge in [-0.2, -0.15) is 11.8 Å². The summed E-state index contributed by atoms with van der Waals surface area (Å²) in [7, 11) is 1.67. The van der Waals surface area contributed by atoms with Crippen LogP contribution in [0.5, 0.6) is 5.75 Å². The average molecular weight is 292 g/mol. The van der Waals surface area contributed by atoms with Crippen molar-refractivity contribution in [3.8, 4) is 17.6 Å². The highest BCUT2D eigenvalue weighted by atomic mass is 32.2. The Hall–Kier alpha value is -1.15. The van der Waals surface area contributed by atoms with Crippen LogP contribution in [0.15, 0.2) is 18.2 Å². The summed E-state index contributed by atoms with van der Waals surface area (Å²) in [5, 5.41) is 9.50. The van der Waals surface area contributed by atoms with E-state index in [1.54, 1.807) is 7.11 Å². The van der Waals surface area contributed by atoms with E-state index in [2.05, 4.69) is 11.8 Å². The van der Waals surface area contributed by atoms with E-state index in [4.69, 9.17) is 14.6 Å². The molecule has 1 fully saturated rings. The maximum atomic E-state index is 8.84. The number of benzene rings is 1. The Bertz CT molecular complexity index is 484. The SMILES string of the molecule is COc1ccc(C#CCO)c(CSC2CCOCC2)c1. The lowest BCUT2D eigenvalue weighted by atomic mass is 10.1. The number of ether oxygens (including phenoxy) is 2. The second-order valence-corrected chi connectivity index (χ2v) is 5.89. The summed E-state index contributed by atoms with van der Waals surface area (Å²) in [5.41, 5.74) is 2.14. The van der Waals surface area contributed by atoms with E-state index in [9.17, 15) is 0 Å². The number of methoxy groups -OCH3 is 1. The van der Waals surface area contributed by atoms with E-state index in [0.29, 0.717) is 5.25 Å². The van der Waals surface area contributed by atoms with Gasteiger partial charge in [-0.3, -0.25) is 0 Å². The third-order valence-electron chi connectivity index (χ3n) is 3.26. The molecule has 2 rings (SSSR count). The van der Waals surface area contributed by atoms with Gasteiger partial charge in [-0.25, -0.2) is 0 Å². The highest BCUT2D eigenvalue weighted by Gasteiger charge is 2.15. The molecule has 1 aromatic rings. The monoisotopic (exact) mass is 292 g/mol. The van der Waals surface area contributed by atoms with Gasteiger partial charge in [0.2, 0.25) is 0 Å². The predicted octanol–water partition coefficient (Wildman–Crippen LogP) is 2.45. The van der Waals surface area contributed by atoms with Crippen molar-refractivity contribution in [1.82, 2.24) is 0 Å². The first-order valence-corrected chi connectivity index (χ1v) is 7.84. The van der Waals surface area contributed by atoms with Gasteiger partial charge in [0.05, 0.1) is 7.11 Å². The minimum atomic E-state index is -0.113. The standard InChI is InChI=1S/C16H20O3S/c1-18-15-5-4-13(3-2-8-17)14(11-15)12-20-16-6-9-19-10-7-16/h4-5,11,16-17H,6-10,12H2,1H3. The van der Waals surface area contributed by atoms with E-state index in [1.807, 2.05) is 30.0 Å². The Morgan fingerprint density at radius 3 is 2.90 bits per heavy atom. The van der Waals surface area contributed by atoms with Crippen LogP contribution in [0, 0.1) is 11.8 Å². The summed E-state index contributed by atoms with van der Waals surface area (Å²) in [4.78, 5) is 0. The van der Waals surface area contributed by atoms with E-state index in [1.165, 1.54) is 5.56 Å². The topological polar surface area (TPSA) is 38.7 Å². The second kappa shape index (κ2) is 8.21. The van der Waals surface area contributed by atoms with Crippen LogP contribution in [-0.2, 0) is 10.5 Å². The maximum absolute atomic E-state index is 8.84. The molecule has 1 aliphatic rings. The molecule has 20 heavy (non-hydrogen) atoms. The molecule has 0 saturated carbocycles. The van der Waals surface area contributed by atoms with Gasteiger partial charge in [0, 0.05) is 29.8 Å². The van der Waals surface area contributed by atoms with E-state index in [0.717, 1.165) is 43.1 Å². The molecular weight excluding hydrogens is 272 g/mol. The molecule has 0 aliphatic carbocycles. The van der Waals surface area contributed by atoms with Gasteiger partial charge in [0.15, 0.2) is 0 Å². The summed E-state index contributed by atoms with van der Waals surface area (Å²) >= 11 is 1.95. The smallest absolute Gasteiger partial charge is 0.119 e. The zero-order chi connectivity index (χ0) is 14.2. The van der Waals surface area contributed by atoms with E-state index in [-0.39, 0.29) is 6.61 Å².